The van der Waals surface area contributed by atoms with E-state index in [4.69, 9.17) is 5.73 Å². The molecule has 1 fully saturated rings. The van der Waals surface area contributed by atoms with Crippen LogP contribution in [0.1, 0.15) is 43.6 Å². The summed E-state index contributed by atoms with van der Waals surface area (Å²) in [5, 5.41) is 0. The molecule has 1 aromatic carbocycles. The van der Waals surface area contributed by atoms with E-state index in [0.717, 1.165) is 18.9 Å². The lowest BCUT2D eigenvalue weighted by Crippen LogP contribution is -2.27. The molecule has 1 heterocycles. The molecule has 1 unspecified atom stereocenters. The minimum atomic E-state index is 0.660. The minimum Gasteiger partial charge on any atom is -0.370 e. The molecule has 98 valence electrons. The van der Waals surface area contributed by atoms with Crippen LogP contribution in [0, 0.1) is 5.92 Å². The molecule has 0 bridgehead atoms. The third kappa shape index (κ3) is 2.26. The fourth-order valence-electron chi connectivity index (χ4n) is 3.71. The van der Waals surface area contributed by atoms with Crippen LogP contribution in [0.5, 0.6) is 0 Å². The Morgan fingerprint density at radius 3 is 2.72 bits per heavy atom. The Balaban J connectivity index is 1.76. The van der Waals surface area contributed by atoms with Crippen LogP contribution in [0.25, 0.3) is 0 Å². The molecule has 2 nitrogen and oxygen atoms in total. The predicted molar refractivity (Wildman–Crippen MR) is 77.0 cm³/mol. The number of anilines is 1. The molecule has 1 aliphatic carbocycles. The molecule has 0 aromatic heterocycles. The van der Waals surface area contributed by atoms with Crippen LogP contribution >= 0.6 is 0 Å². The Kier molecular flexibility index (Phi) is 3.55. The van der Waals surface area contributed by atoms with Crippen LogP contribution in [0.15, 0.2) is 24.3 Å². The van der Waals surface area contributed by atoms with Gasteiger partial charge in [-0.15, -0.1) is 0 Å². The fourth-order valence-corrected chi connectivity index (χ4v) is 3.71. The largest absolute Gasteiger partial charge is 0.370 e. The van der Waals surface area contributed by atoms with Crippen molar-refractivity contribution in [3.63, 3.8) is 0 Å². The zero-order chi connectivity index (χ0) is 12.4. The number of hydrogen-bond acceptors (Lipinski definition) is 2. The molecule has 2 heteroatoms. The lowest BCUT2D eigenvalue weighted by Gasteiger charge is -2.23. The van der Waals surface area contributed by atoms with Gasteiger partial charge in [-0.25, -0.2) is 0 Å². The monoisotopic (exact) mass is 244 g/mol. The van der Waals surface area contributed by atoms with Gasteiger partial charge in [0, 0.05) is 24.7 Å². The van der Waals surface area contributed by atoms with Gasteiger partial charge in [0.05, 0.1) is 0 Å². The van der Waals surface area contributed by atoms with E-state index in [1.54, 1.807) is 0 Å². The van der Waals surface area contributed by atoms with Crippen LogP contribution < -0.4 is 10.6 Å². The van der Waals surface area contributed by atoms with Crippen LogP contribution in [0.3, 0.4) is 0 Å². The van der Waals surface area contributed by atoms with Crippen LogP contribution in [0.2, 0.25) is 0 Å². The zero-order valence-corrected chi connectivity index (χ0v) is 11.1. The third-order valence-electron chi connectivity index (χ3n) is 4.63. The summed E-state index contributed by atoms with van der Waals surface area (Å²) in [6.07, 6.45) is 6.86. The Hall–Kier alpha value is -1.02. The summed E-state index contributed by atoms with van der Waals surface area (Å²) in [5.74, 6) is 1.59. The van der Waals surface area contributed by atoms with Crippen molar-refractivity contribution >= 4 is 5.69 Å². The summed E-state index contributed by atoms with van der Waals surface area (Å²) in [6.45, 7) is 3.25. The maximum absolute atomic E-state index is 5.76. The van der Waals surface area contributed by atoms with Gasteiger partial charge in [0.2, 0.25) is 0 Å². The lowest BCUT2D eigenvalue weighted by molar-refractivity contribution is 0.524. The van der Waals surface area contributed by atoms with Crippen LogP contribution in [-0.4, -0.2) is 19.6 Å². The highest BCUT2D eigenvalue weighted by molar-refractivity contribution is 5.60. The van der Waals surface area contributed by atoms with Gasteiger partial charge in [0.25, 0.3) is 0 Å². The lowest BCUT2D eigenvalue weighted by atomic mass is 9.98. The molecule has 0 spiro atoms. The molecule has 0 radical (unpaired) electrons. The van der Waals surface area contributed by atoms with Crippen molar-refractivity contribution in [2.45, 2.75) is 38.0 Å². The highest BCUT2D eigenvalue weighted by Crippen LogP contribution is 2.39. The molecular weight excluding hydrogens is 220 g/mol. The Bertz CT molecular complexity index is 396. The van der Waals surface area contributed by atoms with Gasteiger partial charge in [-0.1, -0.05) is 31.0 Å². The Morgan fingerprint density at radius 1 is 1.17 bits per heavy atom. The van der Waals surface area contributed by atoms with Gasteiger partial charge in [-0.3, -0.25) is 0 Å². The summed E-state index contributed by atoms with van der Waals surface area (Å²) >= 11 is 0. The fraction of sp³-hybridized carbons (Fsp3) is 0.625. The number of benzene rings is 1. The topological polar surface area (TPSA) is 29.3 Å². The number of rotatable bonds is 4. The molecular formula is C16H24N2. The van der Waals surface area contributed by atoms with E-state index < -0.39 is 0 Å². The van der Waals surface area contributed by atoms with Gasteiger partial charge in [-0.2, -0.15) is 0 Å². The number of nitrogens with zero attached hydrogens (tertiary/aromatic N) is 1. The number of fused-ring (bicyclic) bond motifs is 1. The number of hydrogen-bond donors (Lipinski definition) is 1. The summed E-state index contributed by atoms with van der Waals surface area (Å²) in [4.78, 5) is 2.62. The van der Waals surface area contributed by atoms with Gasteiger partial charge in [-0.05, 0) is 43.4 Å². The standard InChI is InChI=1S/C16H24N2/c17-10-9-14-12-18(11-13-5-1-2-6-13)16-8-4-3-7-15(14)16/h3-4,7-8,13-14H,1-2,5-6,9-12,17H2. The molecule has 2 aliphatic rings. The first kappa shape index (κ1) is 12.0. The van der Waals surface area contributed by atoms with E-state index in [0.29, 0.717) is 5.92 Å². The van der Waals surface area contributed by atoms with Crippen molar-refractivity contribution in [1.82, 2.24) is 0 Å². The maximum atomic E-state index is 5.76. The molecule has 3 rings (SSSR count). The molecule has 0 saturated heterocycles. The van der Waals surface area contributed by atoms with Gasteiger partial charge in [0.1, 0.15) is 0 Å². The van der Waals surface area contributed by atoms with Crippen molar-refractivity contribution in [2.24, 2.45) is 11.7 Å². The van der Waals surface area contributed by atoms with Crippen molar-refractivity contribution in [2.75, 3.05) is 24.5 Å². The van der Waals surface area contributed by atoms with Crippen molar-refractivity contribution < 1.29 is 0 Å². The van der Waals surface area contributed by atoms with Gasteiger partial charge < -0.3 is 10.6 Å². The first-order valence-electron chi connectivity index (χ1n) is 7.42. The summed E-state index contributed by atoms with van der Waals surface area (Å²) in [5.41, 5.74) is 8.76. The Labute approximate surface area is 110 Å². The SMILES string of the molecule is NCCC1CN(CC2CCCC2)c2ccccc21. The van der Waals surface area contributed by atoms with Gasteiger partial charge in [0.15, 0.2) is 0 Å². The van der Waals surface area contributed by atoms with Crippen LogP contribution in [-0.2, 0) is 0 Å². The molecule has 1 atom stereocenters. The Morgan fingerprint density at radius 2 is 1.94 bits per heavy atom. The van der Waals surface area contributed by atoms with E-state index in [1.807, 2.05) is 0 Å². The van der Waals surface area contributed by atoms with Crippen molar-refractivity contribution in [1.29, 1.82) is 0 Å². The molecule has 1 saturated carbocycles. The maximum Gasteiger partial charge on any atom is 0.0402 e. The van der Waals surface area contributed by atoms with Gasteiger partial charge >= 0.3 is 0 Å². The van der Waals surface area contributed by atoms with Crippen molar-refractivity contribution in [3.05, 3.63) is 29.8 Å². The second-order valence-corrected chi connectivity index (χ2v) is 5.89. The van der Waals surface area contributed by atoms with E-state index >= 15 is 0 Å². The molecule has 1 aromatic rings. The third-order valence-corrected chi connectivity index (χ3v) is 4.63. The average Bonchev–Trinajstić information content (AvgIpc) is 3.00. The first-order valence-corrected chi connectivity index (χ1v) is 7.42. The predicted octanol–water partition coefficient (Wildman–Crippen LogP) is 3.13. The zero-order valence-electron chi connectivity index (χ0n) is 11.1. The highest BCUT2D eigenvalue weighted by Gasteiger charge is 2.29. The second-order valence-electron chi connectivity index (χ2n) is 5.89. The normalized spacial score (nSPS) is 23.6. The molecule has 2 N–H and O–H groups in total. The van der Waals surface area contributed by atoms with E-state index in [1.165, 1.54) is 50.0 Å². The molecule has 0 amide bonds. The number of para-hydroxylation sites is 1. The van der Waals surface area contributed by atoms with E-state index in [2.05, 4.69) is 29.2 Å². The summed E-state index contributed by atoms with van der Waals surface area (Å²) < 4.78 is 0. The summed E-state index contributed by atoms with van der Waals surface area (Å²) in [6, 6.07) is 8.93. The molecule has 18 heavy (non-hydrogen) atoms. The van der Waals surface area contributed by atoms with E-state index in [9.17, 15) is 0 Å². The molecule has 1 aliphatic heterocycles. The minimum absolute atomic E-state index is 0.660. The van der Waals surface area contributed by atoms with Crippen LogP contribution in [0.4, 0.5) is 5.69 Å². The quantitative estimate of drug-likeness (QED) is 0.881. The number of nitrogens with two attached hydrogens (primary N) is 1. The summed E-state index contributed by atoms with van der Waals surface area (Å²) in [7, 11) is 0. The second kappa shape index (κ2) is 5.31. The smallest absolute Gasteiger partial charge is 0.0402 e. The van der Waals surface area contributed by atoms with Crippen molar-refractivity contribution in [3.8, 4) is 0 Å². The average molecular weight is 244 g/mol. The van der Waals surface area contributed by atoms with E-state index in [-0.39, 0.29) is 0 Å². The highest BCUT2D eigenvalue weighted by atomic mass is 15.2. The first-order chi connectivity index (χ1) is 8.88.